The predicted octanol–water partition coefficient (Wildman–Crippen LogP) is 4.60. The van der Waals surface area contributed by atoms with Gasteiger partial charge < -0.3 is 9.47 Å². The second kappa shape index (κ2) is 9.46. The summed E-state index contributed by atoms with van der Waals surface area (Å²) in [5.74, 6) is -6.34. The summed E-state index contributed by atoms with van der Waals surface area (Å²) >= 11 is 0. The number of carbonyl (C=O) groups excluding carboxylic acids is 2. The number of rotatable bonds is 9. The summed E-state index contributed by atoms with van der Waals surface area (Å²) in [5.41, 5.74) is -0.00105. The minimum absolute atomic E-state index is 0.00105. The molecule has 4 bridgehead atoms. The molecular weight excluding hydrogens is 496 g/mol. The maximum absolute atomic E-state index is 13.7. The molecule has 5 fully saturated rings. The summed E-state index contributed by atoms with van der Waals surface area (Å²) < 4.78 is 94.0. The van der Waals surface area contributed by atoms with Crippen molar-refractivity contribution in [2.75, 3.05) is 13.2 Å². The van der Waals surface area contributed by atoms with Crippen molar-refractivity contribution in [1.29, 1.82) is 0 Å². The van der Waals surface area contributed by atoms with Crippen molar-refractivity contribution in [3.05, 3.63) is 0 Å². The average molecular weight is 529 g/mol. The molecule has 12 heteroatoms. The Morgan fingerprint density at radius 3 is 1.77 bits per heavy atom. The molecule has 0 spiro atoms. The molecule has 5 aliphatic rings. The fourth-order valence-electron chi connectivity index (χ4n) is 7.21. The summed E-state index contributed by atoms with van der Waals surface area (Å²) in [7, 11) is -6.36. The van der Waals surface area contributed by atoms with Crippen LogP contribution >= 0.6 is 0 Å². The monoisotopic (exact) mass is 528 g/mol. The van der Waals surface area contributed by atoms with E-state index in [1.165, 1.54) is 19.3 Å². The van der Waals surface area contributed by atoms with E-state index in [2.05, 4.69) is 0 Å². The molecule has 0 aliphatic heterocycles. The normalized spacial score (nSPS) is 35.1. The molecule has 7 nitrogen and oxygen atoms in total. The molecule has 0 heterocycles. The molecule has 2 atom stereocenters. The van der Waals surface area contributed by atoms with Crippen molar-refractivity contribution in [1.82, 2.24) is 0 Å². The van der Waals surface area contributed by atoms with Crippen LogP contribution in [0.1, 0.15) is 70.6 Å². The zero-order chi connectivity index (χ0) is 25.6. The lowest BCUT2D eigenvalue weighted by Crippen LogP contribution is -2.49. The van der Waals surface area contributed by atoms with Crippen molar-refractivity contribution in [2.45, 2.75) is 81.8 Å². The third kappa shape index (κ3) is 5.33. The van der Waals surface area contributed by atoms with Crippen LogP contribution in [-0.2, 0) is 29.2 Å². The number of alkyl halides is 4. The van der Waals surface area contributed by atoms with E-state index in [4.69, 9.17) is 14.0 Å². The first-order valence-corrected chi connectivity index (χ1v) is 13.7. The highest BCUT2D eigenvalue weighted by molar-refractivity contribution is 7.87. The highest BCUT2D eigenvalue weighted by atomic mass is 32.2. The Bertz CT molecular complexity index is 901. The van der Waals surface area contributed by atoms with E-state index >= 15 is 0 Å². The van der Waals surface area contributed by atoms with Crippen LogP contribution in [0.25, 0.3) is 0 Å². The van der Waals surface area contributed by atoms with E-state index in [1.807, 2.05) is 0 Å². The van der Waals surface area contributed by atoms with Crippen LogP contribution in [0.4, 0.5) is 17.6 Å². The van der Waals surface area contributed by atoms with Crippen molar-refractivity contribution in [3.8, 4) is 0 Å². The fourth-order valence-corrected chi connectivity index (χ4v) is 7.69. The lowest BCUT2D eigenvalue weighted by atomic mass is 9.50. The molecule has 0 aromatic carbocycles. The highest BCUT2D eigenvalue weighted by Crippen LogP contribution is 2.60. The molecule has 0 radical (unpaired) electrons. The third-order valence-corrected chi connectivity index (χ3v) is 9.41. The summed E-state index contributed by atoms with van der Waals surface area (Å²) in [6.07, 6.45) is 7.01. The van der Waals surface area contributed by atoms with Crippen molar-refractivity contribution >= 4 is 22.1 Å². The maximum Gasteiger partial charge on any atom is 0.431 e. The highest BCUT2D eigenvalue weighted by Gasteiger charge is 2.65. The van der Waals surface area contributed by atoms with E-state index in [-0.39, 0.29) is 11.8 Å². The van der Waals surface area contributed by atoms with Crippen molar-refractivity contribution < 1.29 is 49.6 Å². The van der Waals surface area contributed by atoms with Gasteiger partial charge in [0, 0.05) is 5.41 Å². The molecule has 0 amide bonds. The Hall–Kier alpha value is -1.43. The van der Waals surface area contributed by atoms with E-state index in [1.54, 1.807) is 0 Å². The quantitative estimate of drug-likeness (QED) is 0.265. The Morgan fingerprint density at radius 2 is 1.31 bits per heavy atom. The molecule has 200 valence electrons. The zero-order valence-corrected chi connectivity index (χ0v) is 20.2. The van der Waals surface area contributed by atoms with Gasteiger partial charge in [-0.2, -0.15) is 26.0 Å². The number of esters is 2. The van der Waals surface area contributed by atoms with E-state index in [9.17, 15) is 35.6 Å². The minimum atomic E-state index is -6.36. The van der Waals surface area contributed by atoms with Crippen LogP contribution in [0.3, 0.4) is 0 Å². The number of hydrogen-bond acceptors (Lipinski definition) is 6. The molecule has 0 aromatic rings. The predicted molar refractivity (Wildman–Crippen MR) is 114 cm³/mol. The summed E-state index contributed by atoms with van der Waals surface area (Å²) in [4.78, 5) is 25.5. The first-order valence-electron chi connectivity index (χ1n) is 12.3. The number of ether oxygens (including phenoxy) is 2. The van der Waals surface area contributed by atoms with E-state index in [0.717, 1.165) is 19.3 Å². The number of hydrogen-bond donors (Lipinski definition) is 1. The smallest absolute Gasteiger partial charge is 0.431 e. The third-order valence-electron chi connectivity index (χ3n) is 8.47. The average Bonchev–Trinajstić information content (AvgIpc) is 2.75. The van der Waals surface area contributed by atoms with Crippen LogP contribution in [-0.4, -0.2) is 49.3 Å². The van der Waals surface area contributed by atoms with E-state index < -0.39 is 58.1 Å². The van der Waals surface area contributed by atoms with Gasteiger partial charge >= 0.3 is 33.2 Å². The van der Waals surface area contributed by atoms with Crippen LogP contribution in [0.2, 0.25) is 0 Å². The SMILES string of the molecule is O=C(OCCC(F)(F)C(F)(F)S(=O)(=O)O)C1CCCCC1C(=O)OCC12CC3CC(CC(C3)C1)C2. The first-order chi connectivity index (χ1) is 16.2. The molecular formula is C23H32F4O7S. The van der Waals surface area contributed by atoms with E-state index in [0.29, 0.717) is 43.6 Å². The summed E-state index contributed by atoms with van der Waals surface area (Å²) in [6, 6.07) is 0. The lowest BCUT2D eigenvalue weighted by Gasteiger charge is -2.56. The Morgan fingerprint density at radius 1 is 0.857 bits per heavy atom. The molecule has 1 N–H and O–H groups in total. The van der Waals surface area contributed by atoms with Gasteiger partial charge in [-0.05, 0) is 69.1 Å². The van der Waals surface area contributed by atoms with Crippen LogP contribution in [0.5, 0.6) is 0 Å². The van der Waals surface area contributed by atoms with Gasteiger partial charge in [0.15, 0.2) is 0 Å². The second-order valence-electron chi connectivity index (χ2n) is 11.1. The van der Waals surface area contributed by atoms with Crippen LogP contribution < -0.4 is 0 Å². The van der Waals surface area contributed by atoms with Gasteiger partial charge in [-0.3, -0.25) is 14.1 Å². The standard InChI is InChI=1S/C23H32F4O7S/c24-22(25,23(26,27)35(30,31)32)5-6-33-19(28)17-3-1-2-4-18(17)20(29)34-13-21-10-14-7-15(11-21)9-16(8-14)12-21/h14-18H,1-13H2,(H,30,31,32). The fraction of sp³-hybridized carbons (Fsp3) is 0.913. The molecule has 5 saturated carbocycles. The zero-order valence-electron chi connectivity index (χ0n) is 19.4. The number of carbonyl (C=O) groups is 2. The molecule has 5 rings (SSSR count). The van der Waals surface area contributed by atoms with Gasteiger partial charge in [-0.25, -0.2) is 0 Å². The van der Waals surface area contributed by atoms with Crippen LogP contribution in [0.15, 0.2) is 0 Å². The van der Waals surface area contributed by atoms with Gasteiger partial charge in [0.2, 0.25) is 0 Å². The first kappa shape index (κ1) is 26.6. The Kier molecular flexibility index (Phi) is 7.20. The Labute approximate surface area is 202 Å². The Balaban J connectivity index is 1.31. The van der Waals surface area contributed by atoms with Crippen LogP contribution in [0, 0.1) is 35.0 Å². The van der Waals surface area contributed by atoms with Gasteiger partial charge in [-0.1, -0.05) is 12.8 Å². The van der Waals surface area contributed by atoms with Gasteiger partial charge in [0.05, 0.1) is 31.5 Å². The van der Waals surface area contributed by atoms with Gasteiger partial charge in [-0.15, -0.1) is 0 Å². The second-order valence-corrected chi connectivity index (χ2v) is 12.6. The van der Waals surface area contributed by atoms with Crippen molar-refractivity contribution in [3.63, 3.8) is 0 Å². The molecule has 2 unspecified atom stereocenters. The molecule has 0 aromatic heterocycles. The lowest BCUT2D eigenvalue weighted by molar-refractivity contribution is -0.179. The topological polar surface area (TPSA) is 107 Å². The number of halogens is 4. The van der Waals surface area contributed by atoms with Crippen molar-refractivity contribution in [2.24, 2.45) is 35.0 Å². The molecule has 5 aliphatic carbocycles. The molecule has 35 heavy (non-hydrogen) atoms. The maximum atomic E-state index is 13.7. The minimum Gasteiger partial charge on any atom is -0.465 e. The molecule has 0 saturated heterocycles. The van der Waals surface area contributed by atoms with Gasteiger partial charge in [0.1, 0.15) is 0 Å². The summed E-state index contributed by atoms with van der Waals surface area (Å²) in [6.45, 7) is -0.882. The summed E-state index contributed by atoms with van der Waals surface area (Å²) in [5, 5.41) is -5.72. The van der Waals surface area contributed by atoms with Gasteiger partial charge in [0.25, 0.3) is 0 Å². The largest absolute Gasteiger partial charge is 0.465 e.